The Morgan fingerprint density at radius 1 is 1.08 bits per heavy atom. The molecule has 5 heteroatoms. The van der Waals surface area contributed by atoms with E-state index in [1.54, 1.807) is 11.1 Å². The van der Waals surface area contributed by atoms with Gasteiger partial charge in [0, 0.05) is 44.6 Å². The Labute approximate surface area is 148 Å². The van der Waals surface area contributed by atoms with E-state index in [0.717, 1.165) is 42.5 Å². The summed E-state index contributed by atoms with van der Waals surface area (Å²) >= 11 is 0. The van der Waals surface area contributed by atoms with Crippen molar-refractivity contribution in [3.05, 3.63) is 36.5 Å². The van der Waals surface area contributed by atoms with E-state index in [4.69, 9.17) is 0 Å². The van der Waals surface area contributed by atoms with Gasteiger partial charge in [0.05, 0.1) is 11.2 Å². The smallest absolute Gasteiger partial charge is 0.224 e. The predicted octanol–water partition coefficient (Wildman–Crippen LogP) is 3.38. The van der Waals surface area contributed by atoms with Gasteiger partial charge < -0.3 is 9.80 Å². The Kier molecular flexibility index (Phi) is 5.64. The minimum absolute atomic E-state index is 0.0678. The fraction of sp³-hybridized carbons (Fsp3) is 0.450. The molecule has 0 atom stereocenters. The van der Waals surface area contributed by atoms with E-state index in [1.165, 1.54) is 19.8 Å². The molecule has 0 N–H and O–H groups in total. The number of rotatable bonds is 4. The third-order valence-corrected chi connectivity index (χ3v) is 4.79. The topological polar surface area (TPSA) is 53.5 Å². The van der Waals surface area contributed by atoms with E-state index >= 15 is 0 Å². The van der Waals surface area contributed by atoms with Crippen LogP contribution in [-0.4, -0.2) is 41.3 Å². The summed E-state index contributed by atoms with van der Waals surface area (Å²) in [5.41, 5.74) is 1.57. The lowest BCUT2D eigenvalue weighted by Crippen LogP contribution is -2.37. The second kappa shape index (κ2) is 8.10. The average Bonchev–Trinajstić information content (AvgIpc) is 2.91. The number of pyridine rings is 1. The SMILES string of the molecule is CC(=O)N(CCC(=O)N1CCCCCC1)c1cccc2cccnc12. The van der Waals surface area contributed by atoms with Crippen molar-refractivity contribution in [3.8, 4) is 0 Å². The maximum Gasteiger partial charge on any atom is 0.224 e. The summed E-state index contributed by atoms with van der Waals surface area (Å²) in [7, 11) is 0. The van der Waals surface area contributed by atoms with Crippen molar-refractivity contribution >= 4 is 28.4 Å². The maximum atomic E-state index is 12.5. The summed E-state index contributed by atoms with van der Waals surface area (Å²) in [4.78, 5) is 32.8. The molecular weight excluding hydrogens is 314 g/mol. The van der Waals surface area contributed by atoms with Crippen LogP contribution in [0.2, 0.25) is 0 Å². The van der Waals surface area contributed by atoms with Crippen molar-refractivity contribution in [2.24, 2.45) is 0 Å². The fourth-order valence-corrected chi connectivity index (χ4v) is 3.44. The molecule has 0 aliphatic carbocycles. The van der Waals surface area contributed by atoms with Gasteiger partial charge in [-0.05, 0) is 25.0 Å². The van der Waals surface area contributed by atoms with Crippen molar-refractivity contribution in [1.29, 1.82) is 0 Å². The Hall–Kier alpha value is -2.43. The van der Waals surface area contributed by atoms with E-state index in [9.17, 15) is 9.59 Å². The molecule has 132 valence electrons. The highest BCUT2D eigenvalue weighted by Crippen LogP contribution is 2.25. The van der Waals surface area contributed by atoms with Crippen molar-refractivity contribution in [2.75, 3.05) is 24.5 Å². The predicted molar refractivity (Wildman–Crippen MR) is 99.4 cm³/mol. The summed E-state index contributed by atoms with van der Waals surface area (Å²) in [6, 6.07) is 9.66. The van der Waals surface area contributed by atoms with E-state index in [1.807, 2.05) is 35.2 Å². The molecule has 2 heterocycles. The van der Waals surface area contributed by atoms with E-state index in [0.29, 0.717) is 13.0 Å². The molecule has 0 saturated carbocycles. The van der Waals surface area contributed by atoms with Gasteiger partial charge in [-0.25, -0.2) is 0 Å². The summed E-state index contributed by atoms with van der Waals surface area (Å²) < 4.78 is 0. The number of benzene rings is 1. The normalized spacial score (nSPS) is 15.0. The Morgan fingerprint density at radius 2 is 1.80 bits per heavy atom. The highest BCUT2D eigenvalue weighted by atomic mass is 16.2. The number of aromatic nitrogens is 1. The number of carbonyl (C=O) groups is 2. The highest BCUT2D eigenvalue weighted by Gasteiger charge is 2.20. The molecule has 1 aliphatic heterocycles. The standard InChI is InChI=1S/C20H25N3O2/c1-16(24)23(15-11-19(25)22-13-4-2-3-5-14-22)18-10-6-8-17-9-7-12-21-20(17)18/h6-10,12H,2-5,11,13-15H2,1H3. The van der Waals surface area contributed by atoms with Crippen LogP contribution in [0.15, 0.2) is 36.5 Å². The van der Waals surface area contributed by atoms with Crippen LogP contribution in [0.5, 0.6) is 0 Å². The molecule has 2 aromatic rings. The molecule has 0 radical (unpaired) electrons. The highest BCUT2D eigenvalue weighted by molar-refractivity contribution is 6.01. The molecule has 1 saturated heterocycles. The number of anilines is 1. The van der Waals surface area contributed by atoms with Crippen molar-refractivity contribution in [2.45, 2.75) is 39.0 Å². The first kappa shape index (κ1) is 17.4. The summed E-state index contributed by atoms with van der Waals surface area (Å²) in [5.74, 6) is 0.0724. The van der Waals surface area contributed by atoms with Gasteiger partial charge in [-0.2, -0.15) is 0 Å². The molecule has 0 spiro atoms. The second-order valence-corrected chi connectivity index (χ2v) is 6.57. The van der Waals surface area contributed by atoms with Crippen molar-refractivity contribution in [1.82, 2.24) is 9.88 Å². The zero-order chi connectivity index (χ0) is 17.6. The third-order valence-electron chi connectivity index (χ3n) is 4.79. The van der Waals surface area contributed by atoms with E-state index in [2.05, 4.69) is 4.98 Å². The third kappa shape index (κ3) is 4.16. The number of nitrogens with zero attached hydrogens (tertiary/aromatic N) is 3. The number of hydrogen-bond acceptors (Lipinski definition) is 3. The van der Waals surface area contributed by atoms with Crippen LogP contribution in [0.4, 0.5) is 5.69 Å². The van der Waals surface area contributed by atoms with Gasteiger partial charge in [-0.1, -0.05) is 31.0 Å². The molecule has 2 amide bonds. The van der Waals surface area contributed by atoms with Crippen LogP contribution in [-0.2, 0) is 9.59 Å². The van der Waals surface area contributed by atoms with Gasteiger partial charge in [0.15, 0.2) is 0 Å². The molecule has 1 aromatic heterocycles. The molecule has 5 nitrogen and oxygen atoms in total. The van der Waals surface area contributed by atoms with Gasteiger partial charge in [0.1, 0.15) is 0 Å². The molecule has 1 fully saturated rings. The quantitative estimate of drug-likeness (QED) is 0.858. The molecule has 0 unspecified atom stereocenters. The first-order chi connectivity index (χ1) is 12.2. The number of para-hydroxylation sites is 1. The van der Waals surface area contributed by atoms with Crippen LogP contribution < -0.4 is 4.90 Å². The molecule has 25 heavy (non-hydrogen) atoms. The van der Waals surface area contributed by atoms with E-state index < -0.39 is 0 Å². The summed E-state index contributed by atoms with van der Waals surface area (Å²) in [6.45, 7) is 3.61. The first-order valence-corrected chi connectivity index (χ1v) is 9.06. The van der Waals surface area contributed by atoms with Gasteiger partial charge in [-0.3, -0.25) is 14.6 Å². The van der Waals surface area contributed by atoms with Gasteiger partial charge in [-0.15, -0.1) is 0 Å². The Bertz CT molecular complexity index is 746. The Balaban J connectivity index is 1.75. The first-order valence-electron chi connectivity index (χ1n) is 9.06. The lowest BCUT2D eigenvalue weighted by molar-refractivity contribution is -0.131. The van der Waals surface area contributed by atoms with Gasteiger partial charge >= 0.3 is 0 Å². The minimum atomic E-state index is -0.0678. The number of likely N-dealkylation sites (tertiary alicyclic amines) is 1. The van der Waals surface area contributed by atoms with Crippen LogP contribution >= 0.6 is 0 Å². The monoisotopic (exact) mass is 339 g/mol. The second-order valence-electron chi connectivity index (χ2n) is 6.57. The van der Waals surface area contributed by atoms with Crippen molar-refractivity contribution in [3.63, 3.8) is 0 Å². The van der Waals surface area contributed by atoms with Crippen LogP contribution in [0.1, 0.15) is 39.0 Å². The van der Waals surface area contributed by atoms with Gasteiger partial charge in [0.2, 0.25) is 11.8 Å². The summed E-state index contributed by atoms with van der Waals surface area (Å²) in [5, 5.41) is 0.991. The van der Waals surface area contributed by atoms with E-state index in [-0.39, 0.29) is 11.8 Å². The van der Waals surface area contributed by atoms with Crippen molar-refractivity contribution < 1.29 is 9.59 Å². The average molecular weight is 339 g/mol. The number of carbonyl (C=O) groups excluding carboxylic acids is 2. The number of hydrogen-bond donors (Lipinski definition) is 0. The zero-order valence-corrected chi connectivity index (χ0v) is 14.8. The van der Waals surface area contributed by atoms with Gasteiger partial charge in [0.25, 0.3) is 0 Å². The van der Waals surface area contributed by atoms with Crippen LogP contribution in [0, 0.1) is 0 Å². The lowest BCUT2D eigenvalue weighted by atomic mass is 10.1. The molecular formula is C20H25N3O2. The molecule has 3 rings (SSSR count). The fourth-order valence-electron chi connectivity index (χ4n) is 3.44. The largest absolute Gasteiger partial charge is 0.343 e. The van der Waals surface area contributed by atoms with Crippen LogP contribution in [0.25, 0.3) is 10.9 Å². The molecule has 1 aromatic carbocycles. The number of amides is 2. The minimum Gasteiger partial charge on any atom is -0.343 e. The molecule has 1 aliphatic rings. The lowest BCUT2D eigenvalue weighted by Gasteiger charge is -2.25. The number of fused-ring (bicyclic) bond motifs is 1. The Morgan fingerprint density at radius 3 is 2.52 bits per heavy atom. The molecule has 0 bridgehead atoms. The van der Waals surface area contributed by atoms with Crippen LogP contribution in [0.3, 0.4) is 0 Å². The maximum absolute atomic E-state index is 12.5. The summed E-state index contributed by atoms with van der Waals surface area (Å²) in [6.07, 6.45) is 6.64. The zero-order valence-electron chi connectivity index (χ0n) is 14.8.